The number of hydrogen-bond donors (Lipinski definition) is 3. The molecule has 0 radical (unpaired) electrons. The van der Waals surface area contributed by atoms with Gasteiger partial charge in [0.25, 0.3) is 15.9 Å². The smallest absolute Gasteiger partial charge is 0.417 e. The van der Waals surface area contributed by atoms with Gasteiger partial charge in [-0.1, -0.05) is 36.4 Å². The van der Waals surface area contributed by atoms with Gasteiger partial charge in [0, 0.05) is 11.3 Å². The molecule has 0 aromatic heterocycles. The fraction of sp³-hybridized carbons (Fsp3) is 0.0385. The number of phenols is 1. The summed E-state index contributed by atoms with van der Waals surface area (Å²) in [4.78, 5) is 12.5. The normalized spacial score (nSPS) is 11.7. The average molecular weight is 530 g/mol. The summed E-state index contributed by atoms with van der Waals surface area (Å²) < 4.78 is 81.7. The number of halogens is 4. The molecule has 0 bridgehead atoms. The van der Waals surface area contributed by atoms with E-state index in [9.17, 15) is 35.9 Å². The van der Waals surface area contributed by atoms with E-state index in [2.05, 4.69) is 10.0 Å². The van der Waals surface area contributed by atoms with Gasteiger partial charge in [-0.3, -0.25) is 9.52 Å². The van der Waals surface area contributed by atoms with Crippen molar-refractivity contribution in [3.63, 3.8) is 0 Å². The fourth-order valence-corrected chi connectivity index (χ4v) is 4.57. The number of rotatable bonds is 6. The van der Waals surface area contributed by atoms with Crippen molar-refractivity contribution in [2.24, 2.45) is 0 Å². The lowest BCUT2D eigenvalue weighted by Gasteiger charge is -2.15. The minimum absolute atomic E-state index is 0.000278. The molecule has 0 aliphatic heterocycles. The van der Waals surface area contributed by atoms with E-state index in [0.29, 0.717) is 5.56 Å². The van der Waals surface area contributed by atoms with Crippen molar-refractivity contribution in [1.29, 1.82) is 0 Å². The number of hydrogen-bond acceptors (Lipinski definition) is 4. The van der Waals surface area contributed by atoms with E-state index in [4.69, 9.17) is 0 Å². The van der Waals surface area contributed by atoms with Gasteiger partial charge in [0.1, 0.15) is 11.6 Å². The SMILES string of the molecule is O=C(Nc1ccc(O)c(NS(=O)(=O)c2ccc(F)cc2)c1)c1ccc(-c2ccccc2)c(C(F)(F)F)c1. The maximum Gasteiger partial charge on any atom is 0.417 e. The molecule has 4 rings (SSSR count). The molecule has 0 heterocycles. The van der Waals surface area contributed by atoms with Crippen molar-refractivity contribution in [2.75, 3.05) is 10.0 Å². The summed E-state index contributed by atoms with van der Waals surface area (Å²) in [6.45, 7) is 0. The van der Waals surface area contributed by atoms with Crippen LogP contribution in [0.1, 0.15) is 15.9 Å². The number of anilines is 2. The number of carbonyl (C=O) groups excluding carboxylic acids is 1. The molecule has 11 heteroatoms. The van der Waals surface area contributed by atoms with E-state index in [1.807, 2.05) is 0 Å². The average Bonchev–Trinajstić information content (AvgIpc) is 2.86. The second-order valence-corrected chi connectivity index (χ2v) is 9.55. The third kappa shape index (κ3) is 5.89. The zero-order valence-corrected chi connectivity index (χ0v) is 19.6. The van der Waals surface area contributed by atoms with Gasteiger partial charge in [-0.05, 0) is 65.7 Å². The predicted molar refractivity (Wildman–Crippen MR) is 130 cm³/mol. The maximum atomic E-state index is 13.8. The standard InChI is InChI=1S/C26H18F4N2O4S/c27-18-7-10-20(11-8-18)37(35,36)32-23-15-19(9-13-24(23)33)31-25(34)17-6-12-21(16-4-2-1-3-5-16)22(14-17)26(28,29)30/h1-15,32-33H,(H,31,34). The molecule has 4 aromatic rings. The highest BCUT2D eigenvalue weighted by Crippen LogP contribution is 2.38. The summed E-state index contributed by atoms with van der Waals surface area (Å²) in [6, 6.07) is 18.5. The Labute approximate surface area is 209 Å². The Balaban J connectivity index is 1.60. The molecular formula is C26H18F4N2O4S. The summed E-state index contributed by atoms with van der Waals surface area (Å²) in [6.07, 6.45) is -4.73. The van der Waals surface area contributed by atoms with Gasteiger partial charge < -0.3 is 10.4 Å². The topological polar surface area (TPSA) is 95.5 Å². The molecule has 0 aliphatic rings. The molecule has 0 saturated carbocycles. The molecule has 0 fully saturated rings. The Morgan fingerprint density at radius 2 is 1.51 bits per heavy atom. The number of alkyl halides is 3. The first-order valence-corrected chi connectivity index (χ1v) is 12.1. The van der Waals surface area contributed by atoms with Crippen molar-refractivity contribution < 1.29 is 35.9 Å². The molecule has 190 valence electrons. The third-order valence-electron chi connectivity index (χ3n) is 5.29. The van der Waals surface area contributed by atoms with Crippen molar-refractivity contribution >= 4 is 27.3 Å². The minimum atomic E-state index is -4.73. The van der Waals surface area contributed by atoms with Crippen LogP contribution in [0.3, 0.4) is 0 Å². The number of benzene rings is 4. The second-order valence-electron chi connectivity index (χ2n) is 7.87. The van der Waals surface area contributed by atoms with Gasteiger partial charge >= 0.3 is 6.18 Å². The van der Waals surface area contributed by atoms with Crippen LogP contribution in [0.2, 0.25) is 0 Å². The summed E-state index contributed by atoms with van der Waals surface area (Å²) in [7, 11) is -4.22. The number of aromatic hydroxyl groups is 1. The summed E-state index contributed by atoms with van der Waals surface area (Å²) in [5.74, 6) is -2.00. The van der Waals surface area contributed by atoms with Gasteiger partial charge in [0.15, 0.2) is 0 Å². The van der Waals surface area contributed by atoms with E-state index in [0.717, 1.165) is 42.5 Å². The third-order valence-corrected chi connectivity index (χ3v) is 6.68. The van der Waals surface area contributed by atoms with Crippen molar-refractivity contribution in [2.45, 2.75) is 11.1 Å². The molecule has 1 amide bonds. The zero-order chi connectivity index (χ0) is 26.8. The first-order chi connectivity index (χ1) is 17.4. The first-order valence-electron chi connectivity index (χ1n) is 10.6. The Kier molecular flexibility index (Phi) is 6.90. The van der Waals surface area contributed by atoms with Crippen LogP contribution >= 0.6 is 0 Å². The van der Waals surface area contributed by atoms with Crippen LogP contribution in [-0.2, 0) is 16.2 Å². The Hall–Kier alpha value is -4.38. The van der Waals surface area contributed by atoms with Gasteiger partial charge in [-0.15, -0.1) is 0 Å². The van der Waals surface area contributed by atoms with Gasteiger partial charge in [0.05, 0.1) is 16.1 Å². The van der Waals surface area contributed by atoms with E-state index < -0.39 is 39.2 Å². The van der Waals surface area contributed by atoms with Crippen LogP contribution in [0.5, 0.6) is 5.75 Å². The van der Waals surface area contributed by atoms with E-state index in [-0.39, 0.29) is 27.4 Å². The first kappa shape index (κ1) is 25.7. The van der Waals surface area contributed by atoms with Crippen LogP contribution in [0, 0.1) is 5.82 Å². The second kappa shape index (κ2) is 9.94. The van der Waals surface area contributed by atoms with Crippen LogP contribution in [-0.4, -0.2) is 19.4 Å². The van der Waals surface area contributed by atoms with Gasteiger partial charge in [-0.25, -0.2) is 12.8 Å². The fourth-order valence-electron chi connectivity index (χ4n) is 3.51. The maximum absolute atomic E-state index is 13.8. The van der Waals surface area contributed by atoms with Gasteiger partial charge in [0.2, 0.25) is 0 Å². The minimum Gasteiger partial charge on any atom is -0.506 e. The predicted octanol–water partition coefficient (Wildman–Crippen LogP) is 6.27. The van der Waals surface area contributed by atoms with Crippen LogP contribution in [0.15, 0.2) is 95.9 Å². The molecular weight excluding hydrogens is 512 g/mol. The number of phenolic OH excluding ortho intramolecular Hbond substituents is 1. The zero-order valence-electron chi connectivity index (χ0n) is 18.8. The summed E-state index contributed by atoms with van der Waals surface area (Å²) in [5.41, 5.74) is -1.35. The highest BCUT2D eigenvalue weighted by atomic mass is 32.2. The number of sulfonamides is 1. The Morgan fingerprint density at radius 3 is 2.16 bits per heavy atom. The molecule has 37 heavy (non-hydrogen) atoms. The number of amides is 1. The molecule has 0 saturated heterocycles. The molecule has 6 nitrogen and oxygen atoms in total. The molecule has 4 aromatic carbocycles. The monoisotopic (exact) mass is 530 g/mol. The van der Waals surface area contributed by atoms with Crippen molar-refractivity contribution in [3.05, 3.63) is 108 Å². The lowest BCUT2D eigenvalue weighted by Crippen LogP contribution is -2.16. The van der Waals surface area contributed by atoms with Crippen LogP contribution in [0.4, 0.5) is 28.9 Å². The van der Waals surface area contributed by atoms with Crippen LogP contribution in [0.25, 0.3) is 11.1 Å². The molecule has 0 atom stereocenters. The van der Waals surface area contributed by atoms with Crippen molar-refractivity contribution in [3.8, 4) is 16.9 Å². The van der Waals surface area contributed by atoms with Crippen LogP contribution < -0.4 is 10.0 Å². The number of carbonyl (C=O) groups is 1. The number of nitrogens with one attached hydrogen (secondary N) is 2. The van der Waals surface area contributed by atoms with Crippen molar-refractivity contribution in [1.82, 2.24) is 0 Å². The summed E-state index contributed by atoms with van der Waals surface area (Å²) in [5, 5.41) is 12.5. The highest BCUT2D eigenvalue weighted by Gasteiger charge is 2.34. The highest BCUT2D eigenvalue weighted by molar-refractivity contribution is 7.92. The lowest BCUT2D eigenvalue weighted by molar-refractivity contribution is -0.137. The Morgan fingerprint density at radius 1 is 0.838 bits per heavy atom. The van der Waals surface area contributed by atoms with E-state index in [1.54, 1.807) is 18.2 Å². The van der Waals surface area contributed by atoms with Gasteiger partial charge in [-0.2, -0.15) is 13.2 Å². The molecule has 0 spiro atoms. The summed E-state index contributed by atoms with van der Waals surface area (Å²) >= 11 is 0. The van der Waals surface area contributed by atoms with E-state index in [1.165, 1.54) is 30.3 Å². The largest absolute Gasteiger partial charge is 0.506 e. The molecule has 0 aliphatic carbocycles. The quantitative estimate of drug-likeness (QED) is 0.156. The van der Waals surface area contributed by atoms with E-state index >= 15 is 0 Å². The molecule has 0 unspecified atom stereocenters. The Bertz CT molecular complexity index is 1560. The lowest BCUT2D eigenvalue weighted by atomic mass is 9.97. The molecule has 3 N–H and O–H groups in total.